The Morgan fingerprint density at radius 3 is 2.12 bits per heavy atom. The SMILES string of the molecule is C/C=C(C)\C=C(/C)N(c1ccccc1)c1ccc(C/C=C\C=C(/C)C2=CC=C(N(C3=C/C(CC)=C\CC/C=C\3)c3ccccc3)C=CC2)cc1. The molecule has 0 aliphatic heterocycles. The first-order valence-electron chi connectivity index (χ1n) is 18.1. The summed E-state index contributed by atoms with van der Waals surface area (Å²) in [5, 5.41) is 0. The topological polar surface area (TPSA) is 6.48 Å². The normalized spacial score (nSPS) is 18.5. The van der Waals surface area contributed by atoms with E-state index in [4.69, 9.17) is 0 Å². The van der Waals surface area contributed by atoms with Crippen molar-refractivity contribution in [2.24, 2.45) is 0 Å². The summed E-state index contributed by atoms with van der Waals surface area (Å²) in [6.07, 6.45) is 34.5. The molecule has 0 aromatic heterocycles. The van der Waals surface area contributed by atoms with E-state index in [0.717, 1.165) is 43.5 Å². The fraction of sp³-hybridized carbons (Fsp3) is 0.208. The molecular formula is C48H52N2. The van der Waals surface area contributed by atoms with E-state index in [1.807, 2.05) is 0 Å². The minimum Gasteiger partial charge on any atom is -0.315 e. The van der Waals surface area contributed by atoms with Crippen LogP contribution >= 0.6 is 0 Å². The zero-order valence-corrected chi connectivity index (χ0v) is 30.5. The lowest BCUT2D eigenvalue weighted by Gasteiger charge is -2.28. The summed E-state index contributed by atoms with van der Waals surface area (Å²) in [6.45, 7) is 10.9. The van der Waals surface area contributed by atoms with Crippen LogP contribution in [0.3, 0.4) is 0 Å². The molecule has 0 atom stereocenters. The van der Waals surface area contributed by atoms with Crippen LogP contribution in [0.25, 0.3) is 0 Å². The molecule has 0 bridgehead atoms. The second-order valence-electron chi connectivity index (χ2n) is 12.9. The molecule has 0 fully saturated rings. The highest BCUT2D eigenvalue weighted by Crippen LogP contribution is 2.32. The quantitative estimate of drug-likeness (QED) is 0.179. The molecule has 0 amide bonds. The first-order valence-corrected chi connectivity index (χ1v) is 18.1. The lowest BCUT2D eigenvalue weighted by molar-refractivity contribution is 0.995. The van der Waals surface area contributed by atoms with Crippen LogP contribution in [0.2, 0.25) is 0 Å². The first-order chi connectivity index (χ1) is 24.5. The number of hydrogen-bond acceptors (Lipinski definition) is 2. The van der Waals surface area contributed by atoms with Crippen LogP contribution in [-0.4, -0.2) is 0 Å². The van der Waals surface area contributed by atoms with Gasteiger partial charge in [0.15, 0.2) is 0 Å². The van der Waals surface area contributed by atoms with Crippen molar-refractivity contribution >= 4 is 17.1 Å². The van der Waals surface area contributed by atoms with Gasteiger partial charge in [-0.2, -0.15) is 0 Å². The van der Waals surface area contributed by atoms with Crippen molar-refractivity contribution in [3.8, 4) is 0 Å². The molecule has 50 heavy (non-hydrogen) atoms. The minimum atomic E-state index is 0.883. The van der Waals surface area contributed by atoms with Crippen LogP contribution in [0.4, 0.5) is 17.1 Å². The monoisotopic (exact) mass is 656 g/mol. The molecule has 0 spiro atoms. The summed E-state index contributed by atoms with van der Waals surface area (Å²) in [6, 6.07) is 30.2. The maximum atomic E-state index is 2.38. The summed E-state index contributed by atoms with van der Waals surface area (Å²) in [7, 11) is 0. The average Bonchev–Trinajstić information content (AvgIpc) is 3.39. The van der Waals surface area contributed by atoms with Gasteiger partial charge in [0.1, 0.15) is 0 Å². The molecule has 2 nitrogen and oxygen atoms in total. The van der Waals surface area contributed by atoms with Crippen LogP contribution in [0.1, 0.15) is 65.9 Å². The lowest BCUT2D eigenvalue weighted by atomic mass is 10.0. The highest BCUT2D eigenvalue weighted by molar-refractivity contribution is 5.69. The number of hydrogen-bond donors (Lipinski definition) is 0. The Labute approximate surface area is 301 Å². The third-order valence-corrected chi connectivity index (χ3v) is 9.18. The van der Waals surface area contributed by atoms with Crippen molar-refractivity contribution in [3.63, 3.8) is 0 Å². The summed E-state index contributed by atoms with van der Waals surface area (Å²) >= 11 is 0. The van der Waals surface area contributed by atoms with Gasteiger partial charge in [-0.05, 0) is 143 Å². The standard InChI is InChI=1S/C48H52N2/c1-6-38(3)36-40(5)49(44-24-12-9-13-25-44)47-33-30-42(31-34-47)22-18-17-20-39(4)43-23-19-29-46(35-32-43)50(45-26-14-10-15-27-45)48-28-16-8-11-21-41(7-2)37-48/h6,9-10,12-21,24-37H,7-8,11,22-23H2,1-5H3/b18-17-,28-16-,38-6-,39-20+,40-36+,41-21-,48-37+. The van der Waals surface area contributed by atoms with Gasteiger partial charge in [0, 0.05) is 34.2 Å². The van der Waals surface area contributed by atoms with Gasteiger partial charge in [-0.1, -0.05) is 115 Å². The molecular weight excluding hydrogens is 605 g/mol. The van der Waals surface area contributed by atoms with Crippen molar-refractivity contribution in [2.75, 3.05) is 9.80 Å². The second-order valence-corrected chi connectivity index (χ2v) is 12.9. The van der Waals surface area contributed by atoms with Crippen LogP contribution in [0, 0.1) is 0 Å². The zero-order chi connectivity index (χ0) is 35.1. The highest BCUT2D eigenvalue weighted by Gasteiger charge is 2.16. The van der Waals surface area contributed by atoms with Crippen LogP contribution in [-0.2, 0) is 6.42 Å². The largest absolute Gasteiger partial charge is 0.315 e. The third-order valence-electron chi connectivity index (χ3n) is 9.18. The zero-order valence-electron chi connectivity index (χ0n) is 30.5. The van der Waals surface area contributed by atoms with E-state index < -0.39 is 0 Å². The predicted octanol–water partition coefficient (Wildman–Crippen LogP) is 13.6. The lowest BCUT2D eigenvalue weighted by Crippen LogP contribution is -2.20. The number of anilines is 3. The van der Waals surface area contributed by atoms with E-state index >= 15 is 0 Å². The van der Waals surface area contributed by atoms with E-state index in [1.54, 1.807) is 0 Å². The van der Waals surface area contributed by atoms with E-state index in [9.17, 15) is 0 Å². The molecule has 0 unspecified atom stereocenters. The summed E-state index contributed by atoms with van der Waals surface area (Å²) < 4.78 is 0. The molecule has 0 radical (unpaired) electrons. The van der Waals surface area contributed by atoms with Crippen molar-refractivity contribution in [1.82, 2.24) is 0 Å². The molecule has 0 saturated carbocycles. The average molecular weight is 657 g/mol. The Morgan fingerprint density at radius 1 is 0.740 bits per heavy atom. The van der Waals surface area contributed by atoms with Gasteiger partial charge in [0.25, 0.3) is 0 Å². The minimum absolute atomic E-state index is 0.883. The highest BCUT2D eigenvalue weighted by atomic mass is 15.2. The maximum Gasteiger partial charge on any atom is 0.0461 e. The number of para-hydroxylation sites is 2. The van der Waals surface area contributed by atoms with Crippen LogP contribution in [0.5, 0.6) is 0 Å². The second kappa shape index (κ2) is 18.4. The van der Waals surface area contributed by atoms with Gasteiger partial charge in [-0.25, -0.2) is 0 Å². The molecule has 254 valence electrons. The fourth-order valence-corrected chi connectivity index (χ4v) is 6.25. The Hall–Kier alpha value is -5.34. The molecule has 0 N–H and O–H groups in total. The Bertz CT molecular complexity index is 1890. The Kier molecular flexibility index (Phi) is 13.3. The van der Waals surface area contributed by atoms with E-state index in [2.05, 4.69) is 208 Å². The van der Waals surface area contributed by atoms with Gasteiger partial charge < -0.3 is 9.80 Å². The molecule has 2 aliphatic carbocycles. The van der Waals surface area contributed by atoms with Gasteiger partial charge in [-0.3, -0.25) is 0 Å². The van der Waals surface area contributed by atoms with Gasteiger partial charge in [0.05, 0.1) is 0 Å². The fourth-order valence-electron chi connectivity index (χ4n) is 6.25. The van der Waals surface area contributed by atoms with Crippen LogP contribution < -0.4 is 9.80 Å². The van der Waals surface area contributed by atoms with Crippen molar-refractivity contribution in [3.05, 3.63) is 209 Å². The summed E-state index contributed by atoms with van der Waals surface area (Å²) in [4.78, 5) is 4.70. The van der Waals surface area contributed by atoms with E-state index in [1.165, 1.54) is 50.6 Å². The summed E-state index contributed by atoms with van der Waals surface area (Å²) in [5.41, 5.74) is 13.6. The molecule has 2 aliphatic rings. The van der Waals surface area contributed by atoms with Crippen molar-refractivity contribution in [2.45, 2.75) is 66.7 Å². The maximum absolute atomic E-state index is 2.38. The Balaban J connectivity index is 1.31. The van der Waals surface area contributed by atoms with Gasteiger partial charge in [0.2, 0.25) is 0 Å². The molecule has 0 heterocycles. The predicted molar refractivity (Wildman–Crippen MR) is 218 cm³/mol. The molecule has 3 aromatic carbocycles. The van der Waals surface area contributed by atoms with Gasteiger partial charge in [-0.15, -0.1) is 0 Å². The number of rotatable bonds is 12. The van der Waals surface area contributed by atoms with E-state index in [0.29, 0.717) is 0 Å². The third kappa shape index (κ3) is 9.86. The number of allylic oxidation sites excluding steroid dienone is 18. The molecule has 2 heteroatoms. The summed E-state index contributed by atoms with van der Waals surface area (Å²) in [5.74, 6) is 0. The number of nitrogens with zero attached hydrogens (tertiary/aromatic N) is 2. The smallest absolute Gasteiger partial charge is 0.0461 e. The van der Waals surface area contributed by atoms with E-state index in [-0.39, 0.29) is 0 Å². The molecule has 3 aromatic rings. The van der Waals surface area contributed by atoms with Crippen molar-refractivity contribution in [1.29, 1.82) is 0 Å². The molecule has 5 rings (SSSR count). The first kappa shape index (κ1) is 36.0. The Morgan fingerprint density at radius 2 is 1.42 bits per heavy atom. The van der Waals surface area contributed by atoms with Crippen LogP contribution in [0.15, 0.2) is 203 Å². The molecule has 0 saturated heterocycles. The van der Waals surface area contributed by atoms with Gasteiger partial charge >= 0.3 is 0 Å². The number of benzene rings is 3. The van der Waals surface area contributed by atoms with Crippen molar-refractivity contribution < 1.29 is 0 Å².